The molecule has 0 atom stereocenters. The monoisotopic (exact) mass is 229 g/mol. The zero-order valence-electron chi connectivity index (χ0n) is 10.8. The Morgan fingerprint density at radius 3 is 2.65 bits per heavy atom. The standard InChI is InChI=1S/C15H19NO/c1-4-10-5-8-12-13(9-10)16(11-6-7-11)14(17)15(12,2)3/h5,8-9,11H,4,6-7H2,1-3H3. The lowest BCUT2D eigenvalue weighted by Crippen LogP contribution is -2.37. The molecule has 1 aromatic carbocycles. The molecule has 17 heavy (non-hydrogen) atoms. The molecule has 0 aromatic heterocycles. The third kappa shape index (κ3) is 1.43. The first-order chi connectivity index (χ1) is 8.05. The number of aryl methyl sites for hydroxylation is 1. The first kappa shape index (κ1) is 10.8. The van der Waals surface area contributed by atoms with Crippen molar-refractivity contribution in [2.24, 2.45) is 0 Å². The summed E-state index contributed by atoms with van der Waals surface area (Å²) in [5, 5.41) is 0. The molecule has 2 heteroatoms. The van der Waals surface area contributed by atoms with Crippen molar-refractivity contribution in [1.29, 1.82) is 0 Å². The zero-order valence-corrected chi connectivity index (χ0v) is 10.8. The van der Waals surface area contributed by atoms with Crippen LogP contribution in [0.3, 0.4) is 0 Å². The molecule has 0 saturated heterocycles. The van der Waals surface area contributed by atoms with E-state index in [0.29, 0.717) is 6.04 Å². The van der Waals surface area contributed by atoms with Gasteiger partial charge in [0.1, 0.15) is 0 Å². The van der Waals surface area contributed by atoms with Gasteiger partial charge in [-0.1, -0.05) is 19.1 Å². The van der Waals surface area contributed by atoms with Crippen molar-refractivity contribution >= 4 is 11.6 Å². The van der Waals surface area contributed by atoms with Gasteiger partial charge in [0.2, 0.25) is 5.91 Å². The molecule has 1 fully saturated rings. The highest BCUT2D eigenvalue weighted by Gasteiger charge is 2.48. The summed E-state index contributed by atoms with van der Waals surface area (Å²) in [6.45, 7) is 6.25. The Kier molecular flexibility index (Phi) is 2.13. The van der Waals surface area contributed by atoms with Crippen LogP contribution < -0.4 is 4.90 Å². The van der Waals surface area contributed by atoms with E-state index in [1.165, 1.54) is 16.8 Å². The Morgan fingerprint density at radius 2 is 2.06 bits per heavy atom. The van der Waals surface area contributed by atoms with E-state index in [9.17, 15) is 4.79 Å². The van der Waals surface area contributed by atoms with Crippen LogP contribution in [0.1, 0.15) is 44.7 Å². The summed E-state index contributed by atoms with van der Waals surface area (Å²) in [5.74, 6) is 0.281. The maximum atomic E-state index is 12.5. The van der Waals surface area contributed by atoms with E-state index in [-0.39, 0.29) is 11.3 Å². The van der Waals surface area contributed by atoms with Crippen molar-refractivity contribution in [2.75, 3.05) is 4.90 Å². The van der Waals surface area contributed by atoms with Crippen LogP contribution in [-0.4, -0.2) is 11.9 Å². The summed E-state index contributed by atoms with van der Waals surface area (Å²) < 4.78 is 0. The van der Waals surface area contributed by atoms with E-state index in [2.05, 4.69) is 30.0 Å². The normalized spacial score (nSPS) is 21.8. The summed E-state index contributed by atoms with van der Waals surface area (Å²) in [5.41, 5.74) is 3.35. The highest BCUT2D eigenvalue weighted by atomic mass is 16.2. The van der Waals surface area contributed by atoms with E-state index in [0.717, 1.165) is 19.3 Å². The second-order valence-electron chi connectivity index (χ2n) is 5.74. The van der Waals surface area contributed by atoms with Crippen molar-refractivity contribution in [3.8, 4) is 0 Å². The maximum Gasteiger partial charge on any atom is 0.237 e. The van der Waals surface area contributed by atoms with E-state index < -0.39 is 0 Å². The Labute approximate surface area is 103 Å². The van der Waals surface area contributed by atoms with Gasteiger partial charge in [0, 0.05) is 11.7 Å². The summed E-state index contributed by atoms with van der Waals surface area (Å²) in [6, 6.07) is 6.98. The molecule has 2 aliphatic rings. The molecule has 0 spiro atoms. The molecule has 0 N–H and O–H groups in total. The molecular formula is C15H19NO. The fraction of sp³-hybridized carbons (Fsp3) is 0.533. The first-order valence-electron chi connectivity index (χ1n) is 6.52. The molecule has 0 unspecified atom stereocenters. The minimum absolute atomic E-state index is 0.281. The minimum atomic E-state index is -0.343. The van der Waals surface area contributed by atoms with Crippen molar-refractivity contribution in [3.63, 3.8) is 0 Å². The van der Waals surface area contributed by atoms with Crippen LogP contribution >= 0.6 is 0 Å². The summed E-state index contributed by atoms with van der Waals surface area (Å²) in [7, 11) is 0. The van der Waals surface area contributed by atoms with Gasteiger partial charge in [0.25, 0.3) is 0 Å². The van der Waals surface area contributed by atoms with Crippen LogP contribution in [0, 0.1) is 0 Å². The predicted molar refractivity (Wildman–Crippen MR) is 69.4 cm³/mol. The Morgan fingerprint density at radius 1 is 1.35 bits per heavy atom. The molecular weight excluding hydrogens is 210 g/mol. The average molecular weight is 229 g/mol. The van der Waals surface area contributed by atoms with Gasteiger partial charge in [-0.25, -0.2) is 0 Å². The number of carbonyl (C=O) groups is 1. The molecule has 1 aliphatic heterocycles. The van der Waals surface area contributed by atoms with Gasteiger partial charge in [-0.15, -0.1) is 0 Å². The average Bonchev–Trinajstić information content (AvgIpc) is 3.10. The third-order valence-corrected chi connectivity index (χ3v) is 4.07. The number of anilines is 1. The zero-order chi connectivity index (χ0) is 12.2. The number of rotatable bonds is 2. The third-order valence-electron chi connectivity index (χ3n) is 4.07. The van der Waals surface area contributed by atoms with Crippen LogP contribution in [0.2, 0.25) is 0 Å². The second kappa shape index (κ2) is 3.34. The number of nitrogens with zero attached hydrogens (tertiary/aromatic N) is 1. The Balaban J connectivity index is 2.15. The SMILES string of the molecule is CCc1ccc2c(c1)N(C1CC1)C(=O)C2(C)C. The number of amides is 1. The van der Waals surface area contributed by atoms with Crippen molar-refractivity contribution in [3.05, 3.63) is 29.3 Å². The number of hydrogen-bond acceptors (Lipinski definition) is 1. The molecule has 1 saturated carbocycles. The Bertz CT molecular complexity index is 486. The van der Waals surface area contributed by atoms with Gasteiger partial charge in [0.15, 0.2) is 0 Å². The second-order valence-corrected chi connectivity index (χ2v) is 5.74. The van der Waals surface area contributed by atoms with Gasteiger partial charge >= 0.3 is 0 Å². The van der Waals surface area contributed by atoms with Crippen LogP contribution in [0.4, 0.5) is 5.69 Å². The molecule has 1 aromatic rings. The van der Waals surface area contributed by atoms with Crippen LogP contribution in [0.5, 0.6) is 0 Å². The molecule has 90 valence electrons. The quantitative estimate of drug-likeness (QED) is 0.763. The fourth-order valence-electron chi connectivity index (χ4n) is 2.75. The smallest absolute Gasteiger partial charge is 0.237 e. The largest absolute Gasteiger partial charge is 0.308 e. The molecule has 0 bridgehead atoms. The summed E-state index contributed by atoms with van der Waals surface area (Å²) in [6.07, 6.45) is 3.36. The first-order valence-corrected chi connectivity index (χ1v) is 6.52. The summed E-state index contributed by atoms with van der Waals surface area (Å²) in [4.78, 5) is 14.5. The van der Waals surface area contributed by atoms with Crippen molar-refractivity contribution < 1.29 is 4.79 Å². The highest BCUT2D eigenvalue weighted by molar-refractivity contribution is 6.08. The fourth-order valence-corrected chi connectivity index (χ4v) is 2.75. The van der Waals surface area contributed by atoms with Crippen molar-refractivity contribution in [1.82, 2.24) is 0 Å². The van der Waals surface area contributed by atoms with E-state index in [1.807, 2.05) is 13.8 Å². The maximum absolute atomic E-state index is 12.5. The molecule has 1 heterocycles. The number of hydrogen-bond donors (Lipinski definition) is 0. The molecule has 2 nitrogen and oxygen atoms in total. The lowest BCUT2D eigenvalue weighted by atomic mass is 9.86. The minimum Gasteiger partial charge on any atom is -0.308 e. The molecule has 1 aliphatic carbocycles. The Hall–Kier alpha value is -1.31. The van der Waals surface area contributed by atoms with Gasteiger partial charge < -0.3 is 4.90 Å². The lowest BCUT2D eigenvalue weighted by molar-refractivity contribution is -0.122. The van der Waals surface area contributed by atoms with Crippen LogP contribution in [-0.2, 0) is 16.6 Å². The number of fused-ring (bicyclic) bond motifs is 1. The van der Waals surface area contributed by atoms with Gasteiger partial charge in [0.05, 0.1) is 5.41 Å². The van der Waals surface area contributed by atoms with E-state index in [4.69, 9.17) is 0 Å². The van der Waals surface area contributed by atoms with Gasteiger partial charge in [-0.05, 0) is 50.3 Å². The predicted octanol–water partition coefficient (Wildman–Crippen LogP) is 3.04. The molecule has 0 radical (unpaired) electrons. The van der Waals surface area contributed by atoms with E-state index in [1.54, 1.807) is 0 Å². The lowest BCUT2D eigenvalue weighted by Gasteiger charge is -2.19. The highest BCUT2D eigenvalue weighted by Crippen LogP contribution is 2.46. The van der Waals surface area contributed by atoms with Gasteiger partial charge in [-0.2, -0.15) is 0 Å². The van der Waals surface area contributed by atoms with Crippen LogP contribution in [0.25, 0.3) is 0 Å². The topological polar surface area (TPSA) is 20.3 Å². The van der Waals surface area contributed by atoms with Crippen LogP contribution in [0.15, 0.2) is 18.2 Å². The van der Waals surface area contributed by atoms with E-state index >= 15 is 0 Å². The molecule has 1 amide bonds. The number of carbonyl (C=O) groups excluding carboxylic acids is 1. The molecule has 3 rings (SSSR count). The number of benzene rings is 1. The van der Waals surface area contributed by atoms with Crippen molar-refractivity contribution in [2.45, 2.75) is 51.5 Å². The van der Waals surface area contributed by atoms with Gasteiger partial charge in [-0.3, -0.25) is 4.79 Å². The summed E-state index contributed by atoms with van der Waals surface area (Å²) >= 11 is 0.